The number of hydrogen-bond acceptors (Lipinski definition) is 4. The smallest absolute Gasteiger partial charge is 0.286 e. The standard InChI is InChI=1S/C22H14N2O2S/c23-21-4-2-1-3-18(21)10-6-17-7-12-19(22(15-17)24(25)26)11-5-16-8-13-20(27)14-9-16/h1-4,7-9,12-15,27H,23H2. The Morgan fingerprint density at radius 2 is 1.44 bits per heavy atom. The number of benzene rings is 3. The summed E-state index contributed by atoms with van der Waals surface area (Å²) < 4.78 is 0. The molecule has 0 bridgehead atoms. The lowest BCUT2D eigenvalue weighted by molar-refractivity contribution is -0.385. The van der Waals surface area contributed by atoms with Crippen molar-refractivity contribution in [1.82, 2.24) is 0 Å². The predicted molar refractivity (Wildman–Crippen MR) is 110 cm³/mol. The zero-order valence-corrected chi connectivity index (χ0v) is 15.0. The van der Waals surface area contributed by atoms with E-state index in [1.807, 2.05) is 36.4 Å². The molecule has 0 aliphatic carbocycles. The summed E-state index contributed by atoms with van der Waals surface area (Å²) in [7, 11) is 0. The SMILES string of the molecule is Nc1ccccc1C#Cc1ccc(C#Cc2ccc(S)cc2)c([N+](=O)[O-])c1. The quantitative estimate of drug-likeness (QED) is 0.221. The highest BCUT2D eigenvalue weighted by Crippen LogP contribution is 2.20. The molecule has 0 fully saturated rings. The van der Waals surface area contributed by atoms with Gasteiger partial charge in [0, 0.05) is 33.3 Å². The van der Waals surface area contributed by atoms with Crippen LogP contribution in [0.25, 0.3) is 0 Å². The van der Waals surface area contributed by atoms with Crippen LogP contribution in [-0.4, -0.2) is 4.92 Å². The van der Waals surface area contributed by atoms with Gasteiger partial charge in [0.25, 0.3) is 5.69 Å². The van der Waals surface area contributed by atoms with E-state index in [-0.39, 0.29) is 5.69 Å². The van der Waals surface area contributed by atoms with Gasteiger partial charge in [-0.2, -0.15) is 0 Å². The van der Waals surface area contributed by atoms with Crippen LogP contribution in [0.5, 0.6) is 0 Å². The molecule has 0 aromatic heterocycles. The van der Waals surface area contributed by atoms with E-state index in [0.717, 1.165) is 10.5 Å². The highest BCUT2D eigenvalue weighted by Gasteiger charge is 2.12. The van der Waals surface area contributed by atoms with Crippen molar-refractivity contribution in [2.24, 2.45) is 0 Å². The van der Waals surface area contributed by atoms with Crippen LogP contribution < -0.4 is 5.73 Å². The lowest BCUT2D eigenvalue weighted by Gasteiger charge is -1.98. The van der Waals surface area contributed by atoms with E-state index in [1.54, 1.807) is 24.3 Å². The fourth-order valence-corrected chi connectivity index (χ4v) is 2.45. The molecule has 27 heavy (non-hydrogen) atoms. The normalized spacial score (nSPS) is 9.52. The molecule has 3 aromatic rings. The van der Waals surface area contributed by atoms with Crippen molar-refractivity contribution in [2.75, 3.05) is 5.73 Å². The van der Waals surface area contributed by atoms with Crippen molar-refractivity contribution in [3.63, 3.8) is 0 Å². The maximum Gasteiger partial charge on any atom is 0.286 e. The predicted octanol–water partition coefficient (Wildman–Crippen LogP) is 4.27. The van der Waals surface area contributed by atoms with Crippen LogP contribution in [0.4, 0.5) is 11.4 Å². The maximum absolute atomic E-state index is 11.4. The third-order valence-corrected chi connectivity index (χ3v) is 4.00. The lowest BCUT2D eigenvalue weighted by Crippen LogP contribution is -1.93. The Morgan fingerprint density at radius 3 is 2.15 bits per heavy atom. The first-order valence-electron chi connectivity index (χ1n) is 7.99. The Kier molecular flexibility index (Phi) is 5.47. The number of thiol groups is 1. The molecule has 3 aromatic carbocycles. The number of nitrogens with zero attached hydrogens (tertiary/aromatic N) is 1. The van der Waals surface area contributed by atoms with Crippen molar-refractivity contribution in [3.05, 3.63) is 99.1 Å². The molecular weight excluding hydrogens is 356 g/mol. The molecule has 0 unspecified atom stereocenters. The summed E-state index contributed by atoms with van der Waals surface area (Å²) in [5.74, 6) is 11.6. The number of nitrogens with two attached hydrogens (primary N) is 1. The van der Waals surface area contributed by atoms with E-state index in [9.17, 15) is 10.1 Å². The van der Waals surface area contributed by atoms with Gasteiger partial charge in [0.2, 0.25) is 0 Å². The first-order valence-corrected chi connectivity index (χ1v) is 8.44. The molecule has 4 nitrogen and oxygen atoms in total. The van der Waals surface area contributed by atoms with Gasteiger partial charge < -0.3 is 5.73 Å². The number of nitrogen functional groups attached to an aromatic ring is 1. The highest BCUT2D eigenvalue weighted by atomic mass is 32.1. The lowest BCUT2D eigenvalue weighted by atomic mass is 10.1. The number of hydrogen-bond donors (Lipinski definition) is 2. The molecule has 0 spiro atoms. The topological polar surface area (TPSA) is 69.2 Å². The van der Waals surface area contributed by atoms with Crippen molar-refractivity contribution in [2.45, 2.75) is 4.90 Å². The third-order valence-electron chi connectivity index (χ3n) is 3.71. The minimum atomic E-state index is -0.455. The van der Waals surface area contributed by atoms with Crippen molar-refractivity contribution < 1.29 is 4.92 Å². The van der Waals surface area contributed by atoms with E-state index < -0.39 is 4.92 Å². The fourth-order valence-electron chi connectivity index (χ4n) is 2.30. The van der Waals surface area contributed by atoms with Gasteiger partial charge in [-0.3, -0.25) is 10.1 Å². The molecule has 0 heterocycles. The van der Waals surface area contributed by atoms with Crippen LogP contribution >= 0.6 is 12.6 Å². The van der Waals surface area contributed by atoms with E-state index in [1.165, 1.54) is 6.07 Å². The number of nitro benzene ring substituents is 1. The van der Waals surface area contributed by atoms with Crippen LogP contribution in [-0.2, 0) is 0 Å². The number of rotatable bonds is 1. The van der Waals surface area contributed by atoms with Crippen LogP contribution in [0.15, 0.2) is 71.6 Å². The maximum atomic E-state index is 11.4. The second-order valence-corrected chi connectivity index (χ2v) is 6.14. The Morgan fingerprint density at radius 1 is 0.815 bits per heavy atom. The molecule has 0 atom stereocenters. The summed E-state index contributed by atoms with van der Waals surface area (Å²) in [5.41, 5.74) is 8.63. The summed E-state index contributed by atoms with van der Waals surface area (Å²) in [5, 5.41) is 11.4. The number of para-hydroxylation sites is 1. The van der Waals surface area contributed by atoms with Crippen molar-refractivity contribution in [1.29, 1.82) is 0 Å². The molecule has 2 N–H and O–H groups in total. The van der Waals surface area contributed by atoms with E-state index in [0.29, 0.717) is 22.4 Å². The molecule has 5 heteroatoms. The molecular formula is C22H14N2O2S. The second-order valence-electron chi connectivity index (χ2n) is 5.62. The monoisotopic (exact) mass is 370 g/mol. The zero-order chi connectivity index (χ0) is 19.2. The molecule has 0 saturated carbocycles. The Bertz CT molecular complexity index is 1130. The van der Waals surface area contributed by atoms with Gasteiger partial charge in [0.05, 0.1) is 4.92 Å². The minimum absolute atomic E-state index is 0.0823. The van der Waals surface area contributed by atoms with Crippen LogP contribution in [0.1, 0.15) is 22.3 Å². The summed E-state index contributed by atoms with van der Waals surface area (Å²) in [6.07, 6.45) is 0. The summed E-state index contributed by atoms with van der Waals surface area (Å²) in [6.45, 7) is 0. The number of nitro groups is 1. The molecule has 0 aliphatic heterocycles. The molecule has 0 aliphatic rings. The van der Waals surface area contributed by atoms with Gasteiger partial charge in [-0.1, -0.05) is 35.8 Å². The van der Waals surface area contributed by atoms with Crippen LogP contribution in [0.3, 0.4) is 0 Å². The van der Waals surface area contributed by atoms with Gasteiger partial charge in [0.15, 0.2) is 0 Å². The van der Waals surface area contributed by atoms with E-state index >= 15 is 0 Å². The first-order chi connectivity index (χ1) is 13.0. The third kappa shape index (κ3) is 4.70. The van der Waals surface area contributed by atoms with E-state index in [2.05, 4.69) is 36.3 Å². The van der Waals surface area contributed by atoms with Gasteiger partial charge >= 0.3 is 0 Å². The summed E-state index contributed by atoms with van der Waals surface area (Å²) in [4.78, 5) is 11.8. The second kappa shape index (κ2) is 8.14. The molecule has 3 rings (SSSR count). The number of anilines is 1. The zero-order valence-electron chi connectivity index (χ0n) is 14.1. The van der Waals surface area contributed by atoms with Gasteiger partial charge in [-0.05, 0) is 48.5 Å². The van der Waals surface area contributed by atoms with Gasteiger partial charge in [0.1, 0.15) is 5.56 Å². The molecule has 0 amide bonds. The largest absolute Gasteiger partial charge is 0.398 e. The summed E-state index contributed by atoms with van der Waals surface area (Å²) >= 11 is 4.22. The molecule has 0 radical (unpaired) electrons. The molecule has 0 saturated heterocycles. The van der Waals surface area contributed by atoms with Gasteiger partial charge in [-0.15, -0.1) is 12.6 Å². The fraction of sp³-hybridized carbons (Fsp3) is 0. The van der Waals surface area contributed by atoms with Crippen molar-refractivity contribution >= 4 is 24.0 Å². The minimum Gasteiger partial charge on any atom is -0.398 e. The summed E-state index contributed by atoms with van der Waals surface area (Å²) in [6, 6.07) is 19.2. The van der Waals surface area contributed by atoms with E-state index in [4.69, 9.17) is 5.73 Å². The molecule has 130 valence electrons. The Labute approximate surface area is 162 Å². The first kappa shape index (κ1) is 18.1. The Balaban J connectivity index is 1.94. The van der Waals surface area contributed by atoms with Crippen LogP contribution in [0, 0.1) is 33.8 Å². The Hall–Kier alpha value is -3.67. The average molecular weight is 370 g/mol. The van der Waals surface area contributed by atoms with Gasteiger partial charge in [-0.25, -0.2) is 0 Å². The highest BCUT2D eigenvalue weighted by molar-refractivity contribution is 7.80. The van der Waals surface area contributed by atoms with Crippen LogP contribution in [0.2, 0.25) is 0 Å². The average Bonchev–Trinajstić information content (AvgIpc) is 2.67. The van der Waals surface area contributed by atoms with Crippen molar-refractivity contribution in [3.8, 4) is 23.7 Å².